The summed E-state index contributed by atoms with van der Waals surface area (Å²) in [5, 5.41) is 11.8. The Hall–Kier alpha value is -1.34. The average molecular weight is 343 g/mol. The average Bonchev–Trinajstić information content (AvgIpc) is 2.98. The van der Waals surface area contributed by atoms with Crippen LogP contribution in [0.4, 0.5) is 4.79 Å². The van der Waals surface area contributed by atoms with Gasteiger partial charge in [-0.2, -0.15) is 5.10 Å². The van der Waals surface area contributed by atoms with Gasteiger partial charge in [-0.1, -0.05) is 0 Å². The number of nitrogens with zero attached hydrogens (tertiary/aromatic N) is 2. The molecule has 0 radical (unpaired) electrons. The molecule has 0 aliphatic heterocycles. The van der Waals surface area contributed by atoms with E-state index in [1.807, 2.05) is 30.6 Å². The summed E-state index contributed by atoms with van der Waals surface area (Å²) in [6.45, 7) is 3.14. The van der Waals surface area contributed by atoms with Gasteiger partial charge in [0.2, 0.25) is 0 Å². The molecular formula is C12H15BrN4OS. The smallest absolute Gasteiger partial charge is 0.315 e. The largest absolute Gasteiger partial charge is 0.334 e. The van der Waals surface area contributed by atoms with Crippen LogP contribution in [0.25, 0.3) is 0 Å². The molecule has 2 aromatic rings. The van der Waals surface area contributed by atoms with Gasteiger partial charge >= 0.3 is 6.03 Å². The van der Waals surface area contributed by atoms with Crippen molar-refractivity contribution in [2.24, 2.45) is 0 Å². The first-order chi connectivity index (χ1) is 9.13. The van der Waals surface area contributed by atoms with E-state index in [-0.39, 0.29) is 12.1 Å². The lowest BCUT2D eigenvalue weighted by atomic mass is 10.3. The lowest BCUT2D eigenvalue weighted by Crippen LogP contribution is -2.42. The van der Waals surface area contributed by atoms with Crippen LogP contribution in [0, 0.1) is 0 Å². The van der Waals surface area contributed by atoms with Crippen molar-refractivity contribution in [2.45, 2.75) is 26.1 Å². The molecule has 2 amide bonds. The molecule has 2 heterocycles. The van der Waals surface area contributed by atoms with Crippen molar-refractivity contribution in [3.05, 3.63) is 39.3 Å². The SMILES string of the molecule is C[C@@H](Cn1cccn1)NC(=O)NCc1cc(Br)cs1. The third-order valence-electron chi connectivity index (χ3n) is 2.44. The van der Waals surface area contributed by atoms with E-state index in [0.717, 1.165) is 9.35 Å². The Balaban J connectivity index is 1.71. The number of carbonyl (C=O) groups excluding carboxylic acids is 1. The topological polar surface area (TPSA) is 59.0 Å². The number of amides is 2. The van der Waals surface area contributed by atoms with Crippen LogP contribution in [0.2, 0.25) is 0 Å². The van der Waals surface area contributed by atoms with Crippen LogP contribution in [-0.4, -0.2) is 21.9 Å². The number of thiophene rings is 1. The Morgan fingerprint density at radius 1 is 1.63 bits per heavy atom. The summed E-state index contributed by atoms with van der Waals surface area (Å²) in [6.07, 6.45) is 3.60. The Labute approximate surface area is 124 Å². The minimum atomic E-state index is -0.163. The Morgan fingerprint density at radius 2 is 2.47 bits per heavy atom. The third kappa shape index (κ3) is 4.68. The molecule has 5 nitrogen and oxygen atoms in total. The number of rotatable bonds is 5. The summed E-state index contributed by atoms with van der Waals surface area (Å²) >= 11 is 5.00. The van der Waals surface area contributed by atoms with E-state index in [4.69, 9.17) is 0 Å². The molecule has 1 atom stereocenters. The molecule has 102 valence electrons. The zero-order valence-corrected chi connectivity index (χ0v) is 12.9. The van der Waals surface area contributed by atoms with Crippen molar-refractivity contribution in [1.29, 1.82) is 0 Å². The fourth-order valence-corrected chi connectivity index (χ4v) is 3.01. The number of urea groups is 1. The molecule has 0 saturated carbocycles. The van der Waals surface area contributed by atoms with Gasteiger partial charge in [-0.25, -0.2) is 4.79 Å². The van der Waals surface area contributed by atoms with Crippen molar-refractivity contribution in [1.82, 2.24) is 20.4 Å². The summed E-state index contributed by atoms with van der Waals surface area (Å²) in [7, 11) is 0. The Kier molecular flexibility index (Phi) is 4.98. The van der Waals surface area contributed by atoms with E-state index < -0.39 is 0 Å². The molecule has 0 unspecified atom stereocenters. The van der Waals surface area contributed by atoms with Gasteiger partial charge in [0.05, 0.1) is 13.1 Å². The van der Waals surface area contributed by atoms with E-state index in [1.165, 1.54) is 0 Å². The van der Waals surface area contributed by atoms with Crippen LogP contribution in [0.15, 0.2) is 34.4 Å². The quantitative estimate of drug-likeness (QED) is 0.877. The van der Waals surface area contributed by atoms with Gasteiger partial charge in [0.1, 0.15) is 0 Å². The molecule has 2 aromatic heterocycles. The molecule has 19 heavy (non-hydrogen) atoms. The fourth-order valence-electron chi connectivity index (χ4n) is 1.62. The van der Waals surface area contributed by atoms with Gasteiger partial charge in [0.25, 0.3) is 0 Å². The van der Waals surface area contributed by atoms with Gasteiger partial charge in [-0.05, 0) is 35.0 Å². The van der Waals surface area contributed by atoms with Crippen LogP contribution >= 0.6 is 27.3 Å². The standard InChI is InChI=1S/C12H15BrN4OS/c1-9(7-17-4-2-3-15-17)16-12(18)14-6-11-5-10(13)8-19-11/h2-5,8-9H,6-7H2,1H3,(H2,14,16,18)/t9-/m0/s1. The highest BCUT2D eigenvalue weighted by atomic mass is 79.9. The van der Waals surface area contributed by atoms with Crippen molar-refractivity contribution in [2.75, 3.05) is 0 Å². The predicted octanol–water partition coefficient (Wildman–Crippen LogP) is 2.60. The number of hydrogen-bond donors (Lipinski definition) is 2. The molecule has 0 aliphatic rings. The molecule has 0 fully saturated rings. The molecule has 0 bridgehead atoms. The van der Waals surface area contributed by atoms with E-state index in [2.05, 4.69) is 31.7 Å². The number of nitrogens with one attached hydrogen (secondary N) is 2. The van der Waals surface area contributed by atoms with Crippen molar-refractivity contribution >= 4 is 33.3 Å². The second-order valence-corrected chi connectivity index (χ2v) is 6.10. The van der Waals surface area contributed by atoms with E-state index >= 15 is 0 Å². The Morgan fingerprint density at radius 3 is 3.11 bits per heavy atom. The Bertz CT molecular complexity index is 526. The predicted molar refractivity (Wildman–Crippen MR) is 79.1 cm³/mol. The van der Waals surface area contributed by atoms with Crippen molar-refractivity contribution < 1.29 is 4.79 Å². The highest BCUT2D eigenvalue weighted by Crippen LogP contribution is 2.19. The maximum atomic E-state index is 11.7. The summed E-state index contributed by atoms with van der Waals surface area (Å²) in [5.74, 6) is 0. The van der Waals surface area contributed by atoms with Crippen LogP contribution in [-0.2, 0) is 13.1 Å². The number of carbonyl (C=O) groups is 1. The maximum Gasteiger partial charge on any atom is 0.315 e. The molecular weight excluding hydrogens is 328 g/mol. The second-order valence-electron chi connectivity index (χ2n) is 4.19. The summed E-state index contributed by atoms with van der Waals surface area (Å²) in [6, 6.07) is 3.72. The monoisotopic (exact) mass is 342 g/mol. The lowest BCUT2D eigenvalue weighted by molar-refractivity contribution is 0.236. The van der Waals surface area contributed by atoms with Crippen molar-refractivity contribution in [3.63, 3.8) is 0 Å². The minimum Gasteiger partial charge on any atom is -0.334 e. The molecule has 2 N–H and O–H groups in total. The third-order valence-corrected chi connectivity index (χ3v) is 4.14. The number of hydrogen-bond acceptors (Lipinski definition) is 3. The molecule has 0 saturated heterocycles. The van der Waals surface area contributed by atoms with Gasteiger partial charge < -0.3 is 10.6 Å². The van der Waals surface area contributed by atoms with E-state index in [0.29, 0.717) is 13.1 Å². The zero-order valence-electron chi connectivity index (χ0n) is 10.5. The highest BCUT2D eigenvalue weighted by molar-refractivity contribution is 9.10. The van der Waals surface area contributed by atoms with Crippen LogP contribution in [0.1, 0.15) is 11.8 Å². The van der Waals surface area contributed by atoms with Gasteiger partial charge in [0, 0.05) is 33.2 Å². The lowest BCUT2D eigenvalue weighted by Gasteiger charge is -2.14. The molecule has 0 aromatic carbocycles. The fraction of sp³-hybridized carbons (Fsp3) is 0.333. The van der Waals surface area contributed by atoms with Gasteiger partial charge in [0.15, 0.2) is 0 Å². The highest BCUT2D eigenvalue weighted by Gasteiger charge is 2.08. The van der Waals surface area contributed by atoms with E-state index in [9.17, 15) is 4.79 Å². The summed E-state index contributed by atoms with van der Waals surface area (Å²) in [4.78, 5) is 12.8. The maximum absolute atomic E-state index is 11.7. The minimum absolute atomic E-state index is 0.0231. The van der Waals surface area contributed by atoms with E-state index in [1.54, 1.807) is 22.2 Å². The summed E-state index contributed by atoms with van der Waals surface area (Å²) in [5.41, 5.74) is 0. The first kappa shape index (κ1) is 14.1. The normalized spacial score (nSPS) is 12.1. The second kappa shape index (κ2) is 6.72. The van der Waals surface area contributed by atoms with Gasteiger partial charge in [-0.3, -0.25) is 4.68 Å². The van der Waals surface area contributed by atoms with Crippen LogP contribution < -0.4 is 10.6 Å². The van der Waals surface area contributed by atoms with Crippen LogP contribution in [0.3, 0.4) is 0 Å². The summed E-state index contributed by atoms with van der Waals surface area (Å²) < 4.78 is 2.84. The molecule has 0 spiro atoms. The number of aromatic nitrogens is 2. The molecule has 7 heteroatoms. The van der Waals surface area contributed by atoms with Crippen LogP contribution in [0.5, 0.6) is 0 Å². The first-order valence-electron chi connectivity index (χ1n) is 5.88. The molecule has 0 aliphatic carbocycles. The first-order valence-corrected chi connectivity index (χ1v) is 7.55. The molecule has 2 rings (SSSR count). The number of halogens is 1. The van der Waals surface area contributed by atoms with Crippen molar-refractivity contribution in [3.8, 4) is 0 Å². The van der Waals surface area contributed by atoms with Gasteiger partial charge in [-0.15, -0.1) is 11.3 Å². The zero-order chi connectivity index (χ0) is 13.7.